The van der Waals surface area contributed by atoms with Crippen LogP contribution in [0.5, 0.6) is 6.01 Å². The molecule has 1 aromatic carbocycles. The highest BCUT2D eigenvalue weighted by Gasteiger charge is 2.17. The maximum absolute atomic E-state index is 12.2. The molecule has 0 spiro atoms. The predicted octanol–water partition coefficient (Wildman–Crippen LogP) is 1.21. The molecule has 0 amide bonds. The van der Waals surface area contributed by atoms with Gasteiger partial charge >= 0.3 is 6.01 Å². The molecule has 0 aliphatic carbocycles. The Morgan fingerprint density at radius 3 is 2.86 bits per heavy atom. The van der Waals surface area contributed by atoms with E-state index < -0.39 is 10.0 Å². The highest BCUT2D eigenvalue weighted by molar-refractivity contribution is 7.92. The van der Waals surface area contributed by atoms with Crippen molar-refractivity contribution in [1.29, 1.82) is 0 Å². The standard InChI is InChI=1S/C12H14N4O4S/c1-3-20-12-13-11(14-15-12)16-21(18,19)10-6-4-5-9(7-10)8(2)17/h4-7H,3H2,1-2H3,(H2,13,14,15,16). The molecule has 0 radical (unpaired) electrons. The average molecular weight is 310 g/mol. The summed E-state index contributed by atoms with van der Waals surface area (Å²) < 4.78 is 31.6. The van der Waals surface area contributed by atoms with Crippen LogP contribution in [0.25, 0.3) is 0 Å². The van der Waals surface area contributed by atoms with E-state index in [0.29, 0.717) is 12.2 Å². The number of carbonyl (C=O) groups is 1. The number of nitrogens with one attached hydrogen (secondary N) is 2. The molecule has 9 heteroatoms. The van der Waals surface area contributed by atoms with Gasteiger partial charge in [-0.15, -0.1) is 5.10 Å². The highest BCUT2D eigenvalue weighted by atomic mass is 32.2. The molecule has 0 saturated carbocycles. The molecule has 0 aliphatic rings. The van der Waals surface area contributed by atoms with E-state index in [1.807, 2.05) is 0 Å². The number of anilines is 1. The summed E-state index contributed by atoms with van der Waals surface area (Å²) in [4.78, 5) is 15.1. The summed E-state index contributed by atoms with van der Waals surface area (Å²) in [7, 11) is -3.86. The first-order valence-corrected chi connectivity index (χ1v) is 7.59. The number of nitrogens with zero attached hydrogens (tertiary/aromatic N) is 2. The van der Waals surface area contributed by atoms with Crippen LogP contribution in [0.15, 0.2) is 29.2 Å². The summed E-state index contributed by atoms with van der Waals surface area (Å²) in [5.41, 5.74) is 0.311. The van der Waals surface area contributed by atoms with E-state index in [2.05, 4.69) is 19.9 Å². The Kier molecular flexibility index (Phi) is 4.22. The minimum Gasteiger partial charge on any atom is -0.463 e. The number of hydrogen-bond acceptors (Lipinski definition) is 6. The number of rotatable bonds is 6. The number of hydrogen-bond donors (Lipinski definition) is 2. The predicted molar refractivity (Wildman–Crippen MR) is 74.8 cm³/mol. The minimum atomic E-state index is -3.86. The van der Waals surface area contributed by atoms with Gasteiger partial charge in [0.1, 0.15) is 0 Å². The van der Waals surface area contributed by atoms with Crippen molar-refractivity contribution in [3.05, 3.63) is 29.8 Å². The molecular weight excluding hydrogens is 296 g/mol. The summed E-state index contributed by atoms with van der Waals surface area (Å²) in [6.07, 6.45) is 0. The Bertz CT molecular complexity index is 754. The molecule has 0 aliphatic heterocycles. The lowest BCUT2D eigenvalue weighted by Gasteiger charge is -2.05. The summed E-state index contributed by atoms with van der Waals surface area (Å²) in [5, 5.41) is 6.10. The second kappa shape index (κ2) is 5.92. The Morgan fingerprint density at radius 1 is 1.43 bits per heavy atom. The molecule has 112 valence electrons. The van der Waals surface area contributed by atoms with Crippen LogP contribution in [-0.2, 0) is 10.0 Å². The zero-order chi connectivity index (χ0) is 15.5. The van der Waals surface area contributed by atoms with Crippen LogP contribution >= 0.6 is 0 Å². The lowest BCUT2D eigenvalue weighted by Crippen LogP contribution is -2.14. The first kappa shape index (κ1) is 15.0. The SMILES string of the molecule is CCOc1n[nH]c(NS(=O)(=O)c2cccc(C(C)=O)c2)n1. The lowest BCUT2D eigenvalue weighted by molar-refractivity contribution is 0.101. The molecule has 0 fully saturated rings. The summed E-state index contributed by atoms with van der Waals surface area (Å²) in [6, 6.07) is 5.77. The van der Waals surface area contributed by atoms with E-state index >= 15 is 0 Å². The van der Waals surface area contributed by atoms with Crippen molar-refractivity contribution in [2.45, 2.75) is 18.7 Å². The van der Waals surface area contributed by atoms with Crippen LogP contribution < -0.4 is 9.46 Å². The van der Waals surface area contributed by atoms with E-state index in [-0.39, 0.29) is 22.6 Å². The van der Waals surface area contributed by atoms with Crippen LogP contribution in [0.1, 0.15) is 24.2 Å². The fourth-order valence-corrected chi connectivity index (χ4v) is 2.56. The second-order valence-electron chi connectivity index (χ2n) is 4.09. The maximum Gasteiger partial charge on any atom is 0.337 e. The van der Waals surface area contributed by atoms with Crippen LogP contribution in [0.3, 0.4) is 0 Å². The van der Waals surface area contributed by atoms with Crippen molar-refractivity contribution in [3.63, 3.8) is 0 Å². The summed E-state index contributed by atoms with van der Waals surface area (Å²) in [5.74, 6) is -0.281. The van der Waals surface area contributed by atoms with Gasteiger partial charge in [0.2, 0.25) is 5.95 Å². The van der Waals surface area contributed by atoms with Gasteiger partial charge in [-0.1, -0.05) is 12.1 Å². The number of benzene rings is 1. The molecule has 2 aromatic rings. The van der Waals surface area contributed by atoms with E-state index in [9.17, 15) is 13.2 Å². The van der Waals surface area contributed by atoms with Crippen LogP contribution in [-0.4, -0.2) is 36.0 Å². The normalized spacial score (nSPS) is 11.1. The molecular formula is C12H14N4O4S. The number of ketones is 1. The van der Waals surface area contributed by atoms with E-state index in [1.165, 1.54) is 25.1 Å². The van der Waals surface area contributed by atoms with Crippen molar-refractivity contribution in [1.82, 2.24) is 15.2 Å². The number of ether oxygens (including phenoxy) is 1. The third-order valence-electron chi connectivity index (χ3n) is 2.52. The molecule has 2 rings (SSSR count). The maximum atomic E-state index is 12.2. The fourth-order valence-electron chi connectivity index (χ4n) is 1.55. The number of H-pyrrole nitrogens is 1. The molecule has 0 atom stereocenters. The molecule has 21 heavy (non-hydrogen) atoms. The summed E-state index contributed by atoms with van der Waals surface area (Å²) in [6.45, 7) is 3.49. The molecule has 0 saturated heterocycles. The largest absolute Gasteiger partial charge is 0.463 e. The molecule has 8 nitrogen and oxygen atoms in total. The van der Waals surface area contributed by atoms with E-state index in [0.717, 1.165) is 0 Å². The van der Waals surface area contributed by atoms with E-state index in [1.54, 1.807) is 13.0 Å². The first-order valence-electron chi connectivity index (χ1n) is 6.11. The first-order chi connectivity index (χ1) is 9.92. The minimum absolute atomic E-state index is 0.0374. The second-order valence-corrected chi connectivity index (χ2v) is 5.77. The summed E-state index contributed by atoms with van der Waals surface area (Å²) >= 11 is 0. The Labute approximate surface area is 121 Å². The number of sulfonamides is 1. The zero-order valence-corrected chi connectivity index (χ0v) is 12.3. The van der Waals surface area contributed by atoms with Gasteiger partial charge < -0.3 is 4.74 Å². The van der Waals surface area contributed by atoms with Crippen molar-refractivity contribution >= 4 is 21.8 Å². The molecule has 0 bridgehead atoms. The number of aromatic nitrogens is 3. The molecule has 1 heterocycles. The van der Waals surface area contributed by atoms with Gasteiger partial charge in [-0.3, -0.25) is 4.79 Å². The van der Waals surface area contributed by atoms with Crippen LogP contribution in [0, 0.1) is 0 Å². The number of aromatic amines is 1. The molecule has 1 aromatic heterocycles. The van der Waals surface area contributed by atoms with Gasteiger partial charge in [-0.2, -0.15) is 4.98 Å². The molecule has 0 unspecified atom stereocenters. The van der Waals surface area contributed by atoms with Crippen molar-refractivity contribution in [2.75, 3.05) is 11.3 Å². The van der Waals surface area contributed by atoms with Gasteiger partial charge in [-0.25, -0.2) is 18.2 Å². The third-order valence-corrected chi connectivity index (χ3v) is 3.86. The Morgan fingerprint density at radius 2 is 2.19 bits per heavy atom. The van der Waals surface area contributed by atoms with Crippen LogP contribution in [0.4, 0.5) is 5.95 Å². The van der Waals surface area contributed by atoms with Gasteiger partial charge in [0.25, 0.3) is 10.0 Å². The van der Waals surface area contributed by atoms with Gasteiger partial charge in [-0.05, 0) is 26.0 Å². The van der Waals surface area contributed by atoms with Crippen molar-refractivity contribution in [3.8, 4) is 6.01 Å². The topological polar surface area (TPSA) is 114 Å². The number of Topliss-reactive ketones (excluding diaryl/α,β-unsaturated/α-hetero) is 1. The van der Waals surface area contributed by atoms with Gasteiger partial charge in [0.15, 0.2) is 5.78 Å². The quantitative estimate of drug-likeness (QED) is 0.775. The van der Waals surface area contributed by atoms with Gasteiger partial charge in [0, 0.05) is 5.56 Å². The highest BCUT2D eigenvalue weighted by Crippen LogP contribution is 2.16. The smallest absolute Gasteiger partial charge is 0.337 e. The van der Waals surface area contributed by atoms with Gasteiger partial charge in [0.05, 0.1) is 11.5 Å². The zero-order valence-electron chi connectivity index (χ0n) is 11.5. The average Bonchev–Trinajstić information content (AvgIpc) is 2.86. The monoisotopic (exact) mass is 310 g/mol. The third kappa shape index (κ3) is 3.57. The fraction of sp³-hybridized carbons (Fsp3) is 0.250. The Hall–Kier alpha value is -2.42. The lowest BCUT2D eigenvalue weighted by atomic mass is 10.2. The van der Waals surface area contributed by atoms with Crippen molar-refractivity contribution < 1.29 is 17.9 Å². The molecule has 2 N–H and O–H groups in total. The van der Waals surface area contributed by atoms with E-state index in [4.69, 9.17) is 4.74 Å². The number of carbonyl (C=O) groups excluding carboxylic acids is 1. The van der Waals surface area contributed by atoms with Crippen molar-refractivity contribution in [2.24, 2.45) is 0 Å². The van der Waals surface area contributed by atoms with Crippen LogP contribution in [0.2, 0.25) is 0 Å². The Balaban J connectivity index is 2.25.